The van der Waals surface area contributed by atoms with Gasteiger partial charge in [0.15, 0.2) is 0 Å². The first kappa shape index (κ1) is 14.6. The van der Waals surface area contributed by atoms with Crippen molar-refractivity contribution in [2.24, 2.45) is 5.73 Å². The molecule has 0 aliphatic carbocycles. The Hall–Kier alpha value is -1.46. The lowest BCUT2D eigenvalue weighted by Crippen LogP contribution is -2.34. The quantitative estimate of drug-likeness (QED) is 0.777. The van der Waals surface area contributed by atoms with Crippen LogP contribution in [0.25, 0.3) is 0 Å². The molecule has 0 saturated heterocycles. The molecule has 0 aliphatic rings. The van der Waals surface area contributed by atoms with Gasteiger partial charge in [-0.1, -0.05) is 6.07 Å². The molecule has 1 aromatic rings. The van der Waals surface area contributed by atoms with E-state index in [1.165, 1.54) is 12.1 Å². The summed E-state index contributed by atoms with van der Waals surface area (Å²) in [4.78, 5) is 11.5. The summed E-state index contributed by atoms with van der Waals surface area (Å²) in [5.41, 5.74) is 6.29. The molecule has 5 heteroatoms. The maximum Gasteiger partial charge on any atom is 0.341 e. The lowest BCUT2D eigenvalue weighted by molar-refractivity contribution is 0.0521. The topological polar surface area (TPSA) is 72.5 Å². The van der Waals surface area contributed by atoms with E-state index in [4.69, 9.17) is 10.5 Å². The van der Waals surface area contributed by atoms with Crippen LogP contribution in [0, 0.1) is 5.82 Å². The van der Waals surface area contributed by atoms with Gasteiger partial charge in [0.2, 0.25) is 0 Å². The Morgan fingerprint density at radius 3 is 2.78 bits per heavy atom. The summed E-state index contributed by atoms with van der Waals surface area (Å²) in [6, 6.07) is 3.71. The molecule has 0 radical (unpaired) electrons. The predicted octanol–water partition coefficient (Wildman–Crippen LogP) is 1.25. The van der Waals surface area contributed by atoms with Crippen molar-refractivity contribution in [3.63, 3.8) is 0 Å². The summed E-state index contributed by atoms with van der Waals surface area (Å²) in [5, 5.41) is 9.31. The van der Waals surface area contributed by atoms with Gasteiger partial charge < -0.3 is 15.6 Å². The molecule has 0 bridgehead atoms. The van der Waals surface area contributed by atoms with E-state index in [0.29, 0.717) is 12.0 Å². The molecule has 0 saturated carbocycles. The molecule has 18 heavy (non-hydrogen) atoms. The Morgan fingerprint density at radius 1 is 1.56 bits per heavy atom. The molecule has 0 fully saturated rings. The van der Waals surface area contributed by atoms with Crippen molar-refractivity contribution in [3.8, 4) is 0 Å². The van der Waals surface area contributed by atoms with Gasteiger partial charge in [0.1, 0.15) is 5.82 Å². The van der Waals surface area contributed by atoms with Gasteiger partial charge in [0.05, 0.1) is 18.3 Å². The Morgan fingerprint density at radius 2 is 2.22 bits per heavy atom. The third-order valence-corrected chi connectivity index (χ3v) is 2.62. The first-order valence-corrected chi connectivity index (χ1v) is 5.85. The van der Waals surface area contributed by atoms with Crippen LogP contribution in [0.1, 0.15) is 29.8 Å². The van der Waals surface area contributed by atoms with Gasteiger partial charge in [0, 0.05) is 6.04 Å². The number of hydrogen-bond donors (Lipinski definition) is 2. The number of nitrogens with two attached hydrogens (primary N) is 1. The molecule has 100 valence electrons. The average molecular weight is 255 g/mol. The van der Waals surface area contributed by atoms with Crippen LogP contribution < -0.4 is 5.73 Å². The number of hydrogen-bond acceptors (Lipinski definition) is 4. The summed E-state index contributed by atoms with van der Waals surface area (Å²) in [6.07, 6.45) is -0.300. The number of aliphatic hydroxyl groups is 1. The van der Waals surface area contributed by atoms with E-state index < -0.39 is 23.9 Å². The second-order valence-corrected chi connectivity index (χ2v) is 4.14. The molecular formula is C13H18FNO3. The SMILES string of the molecule is CCOC(=O)c1cc(CC(N)C(C)O)ccc1F. The lowest BCUT2D eigenvalue weighted by atomic mass is 10.0. The Kier molecular flexibility index (Phi) is 5.25. The second-order valence-electron chi connectivity index (χ2n) is 4.14. The monoisotopic (exact) mass is 255 g/mol. The van der Waals surface area contributed by atoms with Crippen molar-refractivity contribution in [2.45, 2.75) is 32.4 Å². The smallest absolute Gasteiger partial charge is 0.341 e. The molecule has 0 spiro atoms. The third kappa shape index (κ3) is 3.78. The lowest BCUT2D eigenvalue weighted by Gasteiger charge is -2.15. The second kappa shape index (κ2) is 6.47. The van der Waals surface area contributed by atoms with Crippen molar-refractivity contribution in [3.05, 3.63) is 35.1 Å². The molecule has 3 N–H and O–H groups in total. The highest BCUT2D eigenvalue weighted by atomic mass is 19.1. The van der Waals surface area contributed by atoms with Crippen molar-refractivity contribution in [1.29, 1.82) is 0 Å². The van der Waals surface area contributed by atoms with Crippen molar-refractivity contribution in [2.75, 3.05) is 6.61 Å². The van der Waals surface area contributed by atoms with Crippen LogP contribution in [0.4, 0.5) is 4.39 Å². The highest BCUT2D eigenvalue weighted by Crippen LogP contribution is 2.14. The van der Waals surface area contributed by atoms with Crippen LogP contribution in [-0.2, 0) is 11.2 Å². The van der Waals surface area contributed by atoms with E-state index in [2.05, 4.69) is 0 Å². The largest absolute Gasteiger partial charge is 0.462 e. The number of carbonyl (C=O) groups is 1. The van der Waals surface area contributed by atoms with Crippen molar-refractivity contribution >= 4 is 5.97 Å². The number of aliphatic hydroxyl groups excluding tert-OH is 1. The van der Waals surface area contributed by atoms with E-state index in [0.717, 1.165) is 0 Å². The van der Waals surface area contributed by atoms with Gasteiger partial charge in [-0.05, 0) is 38.0 Å². The molecule has 0 heterocycles. The number of ether oxygens (including phenoxy) is 1. The van der Waals surface area contributed by atoms with Gasteiger partial charge in [-0.15, -0.1) is 0 Å². The normalized spacial score (nSPS) is 14.1. The third-order valence-electron chi connectivity index (χ3n) is 2.62. The molecule has 0 aromatic heterocycles. The zero-order valence-corrected chi connectivity index (χ0v) is 10.5. The molecular weight excluding hydrogens is 237 g/mol. The number of halogens is 1. The Bertz CT molecular complexity index is 421. The van der Waals surface area contributed by atoms with Crippen LogP contribution in [0.5, 0.6) is 0 Å². The molecule has 0 amide bonds. The van der Waals surface area contributed by atoms with Crippen molar-refractivity contribution < 1.29 is 19.0 Å². The maximum absolute atomic E-state index is 13.5. The first-order valence-electron chi connectivity index (χ1n) is 5.85. The minimum atomic E-state index is -0.692. The fraction of sp³-hybridized carbons (Fsp3) is 0.462. The van der Waals surface area contributed by atoms with Crippen LogP contribution in [0.15, 0.2) is 18.2 Å². The van der Waals surface area contributed by atoms with E-state index in [-0.39, 0.29) is 12.2 Å². The molecule has 0 aliphatic heterocycles. The van der Waals surface area contributed by atoms with Gasteiger partial charge in [-0.25, -0.2) is 9.18 Å². The molecule has 1 rings (SSSR count). The molecule has 2 atom stereocenters. The van der Waals surface area contributed by atoms with Gasteiger partial charge in [-0.3, -0.25) is 0 Å². The van der Waals surface area contributed by atoms with Gasteiger partial charge in [-0.2, -0.15) is 0 Å². The standard InChI is InChI=1S/C13H18FNO3/c1-3-18-13(17)10-6-9(4-5-11(10)14)7-12(15)8(2)16/h4-6,8,12,16H,3,7,15H2,1-2H3. The van der Waals surface area contributed by atoms with E-state index in [1.807, 2.05) is 0 Å². The molecule has 4 nitrogen and oxygen atoms in total. The predicted molar refractivity (Wildman–Crippen MR) is 65.7 cm³/mol. The number of benzene rings is 1. The van der Waals surface area contributed by atoms with Crippen LogP contribution >= 0.6 is 0 Å². The van der Waals surface area contributed by atoms with Crippen LogP contribution in [0.3, 0.4) is 0 Å². The summed E-state index contributed by atoms with van der Waals surface area (Å²) in [7, 11) is 0. The molecule has 1 aromatic carbocycles. The number of rotatable bonds is 5. The fourth-order valence-corrected chi connectivity index (χ4v) is 1.51. The zero-order chi connectivity index (χ0) is 13.7. The van der Waals surface area contributed by atoms with Crippen molar-refractivity contribution in [1.82, 2.24) is 0 Å². The Labute approximate surface area is 106 Å². The highest BCUT2D eigenvalue weighted by Gasteiger charge is 2.16. The Balaban J connectivity index is 2.90. The summed E-state index contributed by atoms with van der Waals surface area (Å²) >= 11 is 0. The van der Waals surface area contributed by atoms with E-state index >= 15 is 0 Å². The number of esters is 1. The number of carbonyl (C=O) groups excluding carboxylic acids is 1. The van der Waals surface area contributed by atoms with E-state index in [1.54, 1.807) is 19.9 Å². The zero-order valence-electron chi connectivity index (χ0n) is 10.5. The van der Waals surface area contributed by atoms with Gasteiger partial charge >= 0.3 is 5.97 Å². The fourth-order valence-electron chi connectivity index (χ4n) is 1.51. The van der Waals surface area contributed by atoms with Crippen LogP contribution in [-0.4, -0.2) is 29.8 Å². The van der Waals surface area contributed by atoms with E-state index in [9.17, 15) is 14.3 Å². The van der Waals surface area contributed by atoms with Crippen LogP contribution in [0.2, 0.25) is 0 Å². The summed E-state index contributed by atoms with van der Waals surface area (Å²) in [5.74, 6) is -1.31. The highest BCUT2D eigenvalue weighted by molar-refractivity contribution is 5.89. The summed E-state index contributed by atoms with van der Waals surface area (Å²) < 4.78 is 18.2. The maximum atomic E-state index is 13.5. The minimum Gasteiger partial charge on any atom is -0.462 e. The summed E-state index contributed by atoms with van der Waals surface area (Å²) in [6.45, 7) is 3.43. The van der Waals surface area contributed by atoms with Gasteiger partial charge in [0.25, 0.3) is 0 Å². The average Bonchev–Trinajstić information content (AvgIpc) is 2.31. The first-order chi connectivity index (χ1) is 8.45. The minimum absolute atomic E-state index is 0.104. The molecule has 2 unspecified atom stereocenters.